The molecule has 4 heteroatoms. The zero-order chi connectivity index (χ0) is 16.7. The van der Waals surface area contributed by atoms with Crippen molar-refractivity contribution in [1.29, 1.82) is 0 Å². The monoisotopic (exact) mass is 312 g/mol. The van der Waals surface area contributed by atoms with E-state index in [9.17, 15) is 4.79 Å². The standard InChI is InChI=1S/C19H24N2O2/c1-4-23-17-9-7-16(8-10-17)11-12-20-19(22)21-18-13-14(2)5-6-15(18)3/h5-10,13H,4,11-12H2,1-3H3,(H2,20,21,22). The molecule has 0 aromatic heterocycles. The highest BCUT2D eigenvalue weighted by Gasteiger charge is 2.04. The molecule has 122 valence electrons. The first-order valence-electron chi connectivity index (χ1n) is 7.92. The van der Waals surface area contributed by atoms with Gasteiger partial charge >= 0.3 is 6.03 Å². The molecule has 0 spiro atoms. The molecule has 0 unspecified atom stereocenters. The third kappa shape index (κ3) is 5.33. The summed E-state index contributed by atoms with van der Waals surface area (Å²) in [6, 6.07) is 13.8. The molecular weight excluding hydrogens is 288 g/mol. The van der Waals surface area contributed by atoms with Crippen LogP contribution in [-0.2, 0) is 6.42 Å². The molecule has 2 rings (SSSR count). The Bertz CT molecular complexity index is 651. The number of aryl methyl sites for hydroxylation is 2. The molecule has 0 radical (unpaired) electrons. The van der Waals surface area contributed by atoms with Gasteiger partial charge in [-0.15, -0.1) is 0 Å². The normalized spacial score (nSPS) is 10.2. The van der Waals surface area contributed by atoms with Gasteiger partial charge in [-0.25, -0.2) is 4.79 Å². The van der Waals surface area contributed by atoms with Crippen LogP contribution in [0.1, 0.15) is 23.6 Å². The first-order chi connectivity index (χ1) is 11.1. The molecular formula is C19H24N2O2. The maximum Gasteiger partial charge on any atom is 0.319 e. The van der Waals surface area contributed by atoms with E-state index >= 15 is 0 Å². The van der Waals surface area contributed by atoms with Gasteiger partial charge in [-0.3, -0.25) is 0 Å². The SMILES string of the molecule is CCOc1ccc(CCNC(=O)Nc2cc(C)ccc2C)cc1. The van der Waals surface area contributed by atoms with E-state index in [4.69, 9.17) is 4.74 Å². The predicted molar refractivity (Wildman–Crippen MR) is 94.3 cm³/mol. The van der Waals surface area contributed by atoms with Crippen molar-refractivity contribution in [2.75, 3.05) is 18.5 Å². The lowest BCUT2D eigenvalue weighted by atomic mass is 10.1. The highest BCUT2D eigenvalue weighted by atomic mass is 16.5. The van der Waals surface area contributed by atoms with E-state index in [0.717, 1.165) is 29.0 Å². The fraction of sp³-hybridized carbons (Fsp3) is 0.316. The first kappa shape index (κ1) is 16.9. The summed E-state index contributed by atoms with van der Waals surface area (Å²) in [6.45, 7) is 7.21. The lowest BCUT2D eigenvalue weighted by Crippen LogP contribution is -2.30. The van der Waals surface area contributed by atoms with Crippen LogP contribution in [0.3, 0.4) is 0 Å². The summed E-state index contributed by atoms with van der Waals surface area (Å²) in [5, 5.41) is 5.78. The number of nitrogens with one attached hydrogen (secondary N) is 2. The van der Waals surface area contributed by atoms with E-state index in [1.807, 2.05) is 63.2 Å². The Morgan fingerprint density at radius 1 is 1.09 bits per heavy atom. The first-order valence-corrected chi connectivity index (χ1v) is 7.92. The molecule has 4 nitrogen and oxygen atoms in total. The van der Waals surface area contributed by atoms with E-state index < -0.39 is 0 Å². The molecule has 2 aromatic rings. The van der Waals surface area contributed by atoms with Crippen LogP contribution in [0, 0.1) is 13.8 Å². The van der Waals surface area contributed by atoms with E-state index in [-0.39, 0.29) is 6.03 Å². The van der Waals surface area contributed by atoms with Gasteiger partial charge in [-0.1, -0.05) is 24.3 Å². The molecule has 0 fully saturated rings. The molecule has 0 aliphatic carbocycles. The molecule has 23 heavy (non-hydrogen) atoms. The average Bonchev–Trinajstić information content (AvgIpc) is 2.53. The van der Waals surface area contributed by atoms with Crippen LogP contribution in [0.4, 0.5) is 10.5 Å². The molecule has 0 saturated carbocycles. The number of anilines is 1. The van der Waals surface area contributed by atoms with Crippen LogP contribution in [0.2, 0.25) is 0 Å². The number of hydrogen-bond donors (Lipinski definition) is 2. The molecule has 0 heterocycles. The summed E-state index contributed by atoms with van der Waals surface area (Å²) in [6.07, 6.45) is 0.784. The molecule has 2 amide bonds. The van der Waals surface area contributed by atoms with Gasteiger partial charge in [0.15, 0.2) is 0 Å². The molecule has 0 aliphatic heterocycles. The van der Waals surface area contributed by atoms with E-state index in [1.165, 1.54) is 5.56 Å². The number of hydrogen-bond acceptors (Lipinski definition) is 2. The van der Waals surface area contributed by atoms with Crippen LogP contribution in [0.25, 0.3) is 0 Å². The van der Waals surface area contributed by atoms with Gasteiger partial charge in [0.05, 0.1) is 6.61 Å². The van der Waals surface area contributed by atoms with Crippen LogP contribution in [-0.4, -0.2) is 19.2 Å². The summed E-state index contributed by atoms with van der Waals surface area (Å²) >= 11 is 0. The summed E-state index contributed by atoms with van der Waals surface area (Å²) in [7, 11) is 0. The number of rotatable bonds is 6. The van der Waals surface area contributed by atoms with E-state index in [2.05, 4.69) is 10.6 Å². The minimum absolute atomic E-state index is 0.176. The van der Waals surface area contributed by atoms with Gasteiger partial charge in [-0.05, 0) is 62.1 Å². The predicted octanol–water partition coefficient (Wildman–Crippen LogP) is 4.07. The molecule has 0 aliphatic rings. The number of carbonyl (C=O) groups excluding carboxylic acids is 1. The quantitative estimate of drug-likeness (QED) is 0.845. The third-order valence-electron chi connectivity index (χ3n) is 3.57. The number of benzene rings is 2. The zero-order valence-electron chi connectivity index (χ0n) is 14.0. The smallest absolute Gasteiger partial charge is 0.319 e. The molecule has 2 N–H and O–H groups in total. The minimum Gasteiger partial charge on any atom is -0.494 e. The third-order valence-corrected chi connectivity index (χ3v) is 3.57. The van der Waals surface area contributed by atoms with Gasteiger partial charge in [0.1, 0.15) is 5.75 Å². The van der Waals surface area contributed by atoms with Crippen molar-refractivity contribution in [3.63, 3.8) is 0 Å². The van der Waals surface area contributed by atoms with Gasteiger partial charge in [0, 0.05) is 12.2 Å². The maximum absolute atomic E-state index is 12.0. The second-order valence-corrected chi connectivity index (χ2v) is 5.53. The number of ether oxygens (including phenoxy) is 1. The highest BCUT2D eigenvalue weighted by Crippen LogP contribution is 2.16. The van der Waals surface area contributed by atoms with Crippen LogP contribution in [0.15, 0.2) is 42.5 Å². The fourth-order valence-corrected chi connectivity index (χ4v) is 2.28. The van der Waals surface area contributed by atoms with Gasteiger partial charge < -0.3 is 15.4 Å². The van der Waals surface area contributed by atoms with Gasteiger partial charge in [0.2, 0.25) is 0 Å². The molecule has 0 bridgehead atoms. The average molecular weight is 312 g/mol. The van der Waals surface area contributed by atoms with Crippen molar-refractivity contribution in [2.24, 2.45) is 0 Å². The topological polar surface area (TPSA) is 50.4 Å². The number of amides is 2. The minimum atomic E-state index is -0.176. The van der Waals surface area contributed by atoms with Crippen LogP contribution < -0.4 is 15.4 Å². The second-order valence-electron chi connectivity index (χ2n) is 5.53. The van der Waals surface area contributed by atoms with Gasteiger partial charge in [-0.2, -0.15) is 0 Å². The molecule has 0 atom stereocenters. The van der Waals surface area contributed by atoms with Crippen LogP contribution in [0.5, 0.6) is 5.75 Å². The van der Waals surface area contributed by atoms with Crippen molar-refractivity contribution in [2.45, 2.75) is 27.2 Å². The highest BCUT2D eigenvalue weighted by molar-refractivity contribution is 5.90. The Morgan fingerprint density at radius 3 is 2.52 bits per heavy atom. The lowest BCUT2D eigenvalue weighted by Gasteiger charge is -2.11. The molecule has 2 aromatic carbocycles. The Balaban J connectivity index is 1.79. The van der Waals surface area contributed by atoms with Crippen molar-refractivity contribution < 1.29 is 9.53 Å². The van der Waals surface area contributed by atoms with E-state index in [1.54, 1.807) is 0 Å². The number of carbonyl (C=O) groups is 1. The summed E-state index contributed by atoms with van der Waals surface area (Å²) in [5.41, 5.74) is 4.20. The van der Waals surface area contributed by atoms with E-state index in [0.29, 0.717) is 13.2 Å². The zero-order valence-corrected chi connectivity index (χ0v) is 14.0. The van der Waals surface area contributed by atoms with Crippen LogP contribution >= 0.6 is 0 Å². The van der Waals surface area contributed by atoms with Gasteiger partial charge in [0.25, 0.3) is 0 Å². The fourth-order valence-electron chi connectivity index (χ4n) is 2.28. The van der Waals surface area contributed by atoms with Crippen molar-refractivity contribution >= 4 is 11.7 Å². The largest absolute Gasteiger partial charge is 0.494 e. The lowest BCUT2D eigenvalue weighted by molar-refractivity contribution is 0.252. The summed E-state index contributed by atoms with van der Waals surface area (Å²) in [4.78, 5) is 12.0. The summed E-state index contributed by atoms with van der Waals surface area (Å²) in [5.74, 6) is 0.872. The Hall–Kier alpha value is -2.49. The Labute approximate surface area is 137 Å². The van der Waals surface area contributed by atoms with Crippen molar-refractivity contribution in [1.82, 2.24) is 5.32 Å². The summed E-state index contributed by atoms with van der Waals surface area (Å²) < 4.78 is 5.41. The van der Waals surface area contributed by atoms with Crippen molar-refractivity contribution in [3.05, 3.63) is 59.2 Å². The molecule has 0 saturated heterocycles. The number of urea groups is 1. The maximum atomic E-state index is 12.0. The second kappa shape index (κ2) is 8.22. The van der Waals surface area contributed by atoms with Crippen molar-refractivity contribution in [3.8, 4) is 5.75 Å². The Morgan fingerprint density at radius 2 is 1.83 bits per heavy atom. The Kier molecular flexibility index (Phi) is 6.03.